The normalized spacial score (nSPS) is 14.2. The number of thiol groups is 1. The van der Waals surface area contributed by atoms with Crippen LogP contribution >= 0.6 is 12.6 Å². The smallest absolute Gasteiger partial charge is 0.326 e. The summed E-state index contributed by atoms with van der Waals surface area (Å²) >= 11 is 4.04. The van der Waals surface area contributed by atoms with Crippen LogP contribution in [0.1, 0.15) is 46.0 Å². The zero-order chi connectivity index (χ0) is 27.1. The molecule has 0 radical (unpaired) electrons. The molecule has 0 aromatic rings. The molecule has 3 amide bonds. The maximum absolute atomic E-state index is 12.8. The number of carboxylic acids is 2. The summed E-state index contributed by atoms with van der Waals surface area (Å²) in [6.07, 6.45) is 0.0586. The van der Waals surface area contributed by atoms with Crippen molar-refractivity contribution in [2.24, 2.45) is 28.1 Å². The van der Waals surface area contributed by atoms with E-state index >= 15 is 0 Å². The Bertz CT molecular complexity index is 775. The average Bonchev–Trinajstić information content (AvgIpc) is 2.75. The van der Waals surface area contributed by atoms with E-state index in [1.165, 1.54) is 0 Å². The quantitative estimate of drug-likeness (QED) is 0.0431. The summed E-state index contributed by atoms with van der Waals surface area (Å²) in [6.45, 7) is 3.84. The fourth-order valence-corrected chi connectivity index (χ4v) is 3.15. The first-order chi connectivity index (χ1) is 16.3. The molecular weight excluding hydrogens is 482 g/mol. The number of hydrogen-bond donors (Lipinski definition) is 9. The molecule has 15 heteroatoms. The van der Waals surface area contributed by atoms with Crippen LogP contribution in [0.3, 0.4) is 0 Å². The van der Waals surface area contributed by atoms with Gasteiger partial charge in [-0.1, -0.05) is 13.8 Å². The molecule has 4 atom stereocenters. The largest absolute Gasteiger partial charge is 0.481 e. The van der Waals surface area contributed by atoms with Gasteiger partial charge in [0.05, 0.1) is 6.04 Å². The number of carbonyl (C=O) groups excluding carboxylic acids is 3. The molecule has 0 aromatic carbocycles. The van der Waals surface area contributed by atoms with Crippen molar-refractivity contribution in [3.05, 3.63) is 0 Å². The van der Waals surface area contributed by atoms with Crippen LogP contribution in [0, 0.1) is 5.92 Å². The molecule has 0 spiro atoms. The second-order valence-electron chi connectivity index (χ2n) is 8.32. The molecule has 4 unspecified atom stereocenters. The standard InChI is InChI=1S/C20H37N7O7S/c1-10(2)8-13(19(33)34)26-18(32)14(9-35)27-17(31)12(5-6-15(28)29)25-16(30)11(21)4-3-7-24-20(22)23/h10-14,35H,3-9,21H2,1-2H3,(H,25,30)(H,26,32)(H,27,31)(H,28,29)(H,33,34)(H4,22,23,24). The lowest BCUT2D eigenvalue weighted by Crippen LogP contribution is -2.57. The Morgan fingerprint density at radius 2 is 1.43 bits per heavy atom. The van der Waals surface area contributed by atoms with Crippen LogP contribution in [0.25, 0.3) is 0 Å². The number of aliphatic imine (C=N–C) groups is 1. The number of nitrogens with zero attached hydrogens (tertiary/aromatic N) is 1. The van der Waals surface area contributed by atoms with Gasteiger partial charge in [-0.05, 0) is 31.6 Å². The number of carboxylic acid groups (broad SMARTS) is 2. The Balaban J connectivity index is 5.24. The maximum Gasteiger partial charge on any atom is 0.326 e. The second kappa shape index (κ2) is 16.5. The first kappa shape index (κ1) is 31.9. The number of guanidine groups is 1. The van der Waals surface area contributed by atoms with Gasteiger partial charge in [0.1, 0.15) is 18.1 Å². The van der Waals surface area contributed by atoms with Gasteiger partial charge in [-0.3, -0.25) is 24.2 Å². The van der Waals surface area contributed by atoms with Crippen LogP contribution in [0.4, 0.5) is 0 Å². The molecule has 0 fully saturated rings. The lowest BCUT2D eigenvalue weighted by atomic mass is 10.0. The molecule has 0 aliphatic heterocycles. The molecule has 0 aliphatic carbocycles. The molecule has 11 N–H and O–H groups in total. The highest BCUT2D eigenvalue weighted by atomic mass is 32.1. The molecular formula is C20H37N7O7S. The molecule has 0 saturated heterocycles. The fraction of sp³-hybridized carbons (Fsp3) is 0.700. The van der Waals surface area contributed by atoms with Crippen LogP contribution < -0.4 is 33.2 Å². The molecule has 0 bridgehead atoms. The van der Waals surface area contributed by atoms with Crippen LogP contribution in [0.2, 0.25) is 0 Å². The minimum Gasteiger partial charge on any atom is -0.481 e. The van der Waals surface area contributed by atoms with Gasteiger partial charge in [0, 0.05) is 18.7 Å². The Morgan fingerprint density at radius 1 is 0.886 bits per heavy atom. The third-order valence-corrected chi connectivity index (χ3v) is 5.09. The Morgan fingerprint density at radius 3 is 1.91 bits per heavy atom. The zero-order valence-corrected chi connectivity index (χ0v) is 20.8. The van der Waals surface area contributed by atoms with E-state index in [1.54, 1.807) is 13.8 Å². The summed E-state index contributed by atoms with van der Waals surface area (Å²) in [5, 5.41) is 25.4. The lowest BCUT2D eigenvalue weighted by Gasteiger charge is -2.24. The van der Waals surface area contributed by atoms with Gasteiger partial charge in [0.15, 0.2) is 5.96 Å². The predicted octanol–water partition coefficient (Wildman–Crippen LogP) is -2.25. The summed E-state index contributed by atoms with van der Waals surface area (Å²) in [5.41, 5.74) is 16.3. The number of carbonyl (C=O) groups is 5. The minimum absolute atomic E-state index is 0.0141. The number of hydrogen-bond acceptors (Lipinski definition) is 8. The van der Waals surface area contributed by atoms with Crippen molar-refractivity contribution in [1.82, 2.24) is 16.0 Å². The van der Waals surface area contributed by atoms with Gasteiger partial charge in [0.2, 0.25) is 17.7 Å². The number of nitrogens with two attached hydrogens (primary N) is 3. The van der Waals surface area contributed by atoms with Crippen LogP contribution in [-0.2, 0) is 24.0 Å². The van der Waals surface area contributed by atoms with Crippen molar-refractivity contribution in [3.8, 4) is 0 Å². The Labute approximate surface area is 209 Å². The minimum atomic E-state index is -1.30. The third kappa shape index (κ3) is 14.0. The monoisotopic (exact) mass is 519 g/mol. The summed E-state index contributed by atoms with van der Waals surface area (Å²) in [6, 6.07) is -4.71. The second-order valence-corrected chi connectivity index (χ2v) is 8.69. The average molecular weight is 520 g/mol. The van der Waals surface area contributed by atoms with Gasteiger partial charge in [-0.15, -0.1) is 0 Å². The molecule has 0 aliphatic rings. The van der Waals surface area contributed by atoms with E-state index in [9.17, 15) is 29.1 Å². The number of nitrogens with one attached hydrogen (secondary N) is 3. The molecule has 35 heavy (non-hydrogen) atoms. The first-order valence-corrected chi connectivity index (χ1v) is 11.7. The summed E-state index contributed by atoms with van der Waals surface area (Å²) in [5.74, 6) is -5.02. The van der Waals surface area contributed by atoms with Crippen molar-refractivity contribution in [1.29, 1.82) is 0 Å². The van der Waals surface area contributed by atoms with E-state index in [0.717, 1.165) is 0 Å². The highest BCUT2D eigenvalue weighted by Gasteiger charge is 2.30. The Hall–Kier alpha value is -3.07. The van der Waals surface area contributed by atoms with E-state index < -0.39 is 60.2 Å². The topological polar surface area (TPSA) is 252 Å². The van der Waals surface area contributed by atoms with E-state index in [4.69, 9.17) is 22.3 Å². The van der Waals surface area contributed by atoms with Crippen LogP contribution in [0.5, 0.6) is 0 Å². The van der Waals surface area contributed by atoms with Gasteiger partial charge in [0.25, 0.3) is 0 Å². The van der Waals surface area contributed by atoms with Crippen molar-refractivity contribution in [2.75, 3.05) is 12.3 Å². The SMILES string of the molecule is CC(C)CC(NC(=O)C(CS)NC(=O)C(CCC(=O)O)NC(=O)C(N)CCCN=C(N)N)C(=O)O. The highest BCUT2D eigenvalue weighted by molar-refractivity contribution is 7.80. The van der Waals surface area contributed by atoms with Crippen molar-refractivity contribution >= 4 is 48.2 Å². The summed E-state index contributed by atoms with van der Waals surface area (Å²) in [7, 11) is 0. The van der Waals surface area contributed by atoms with Crippen LogP contribution in [0.15, 0.2) is 4.99 Å². The molecule has 0 rings (SSSR count). The van der Waals surface area contributed by atoms with Crippen molar-refractivity contribution in [2.45, 2.75) is 70.1 Å². The van der Waals surface area contributed by atoms with E-state index in [-0.39, 0.29) is 43.4 Å². The van der Waals surface area contributed by atoms with Crippen LogP contribution in [-0.4, -0.2) is 82.3 Å². The molecule has 0 saturated carbocycles. The van der Waals surface area contributed by atoms with Gasteiger partial charge < -0.3 is 43.4 Å². The van der Waals surface area contributed by atoms with Gasteiger partial charge in [-0.2, -0.15) is 12.6 Å². The third-order valence-electron chi connectivity index (χ3n) is 4.72. The zero-order valence-electron chi connectivity index (χ0n) is 19.9. The van der Waals surface area contributed by atoms with Gasteiger partial charge in [-0.25, -0.2) is 4.79 Å². The molecule has 200 valence electrons. The Kier molecular flexibility index (Phi) is 15.1. The van der Waals surface area contributed by atoms with Gasteiger partial charge >= 0.3 is 11.9 Å². The molecule has 0 heterocycles. The van der Waals surface area contributed by atoms with Crippen molar-refractivity contribution < 1.29 is 34.2 Å². The lowest BCUT2D eigenvalue weighted by molar-refractivity contribution is -0.142. The summed E-state index contributed by atoms with van der Waals surface area (Å²) in [4.78, 5) is 64.0. The predicted molar refractivity (Wildman–Crippen MR) is 131 cm³/mol. The number of aliphatic carboxylic acids is 2. The fourth-order valence-electron chi connectivity index (χ4n) is 2.90. The van der Waals surface area contributed by atoms with Crippen molar-refractivity contribution in [3.63, 3.8) is 0 Å². The highest BCUT2D eigenvalue weighted by Crippen LogP contribution is 2.07. The molecule has 14 nitrogen and oxygen atoms in total. The number of amides is 3. The van der Waals surface area contributed by atoms with E-state index in [0.29, 0.717) is 6.42 Å². The van der Waals surface area contributed by atoms with E-state index in [2.05, 4.69) is 33.6 Å². The first-order valence-electron chi connectivity index (χ1n) is 11.1. The number of rotatable bonds is 17. The molecule has 0 aromatic heterocycles. The maximum atomic E-state index is 12.8. The van der Waals surface area contributed by atoms with E-state index in [1.807, 2.05) is 0 Å². The summed E-state index contributed by atoms with van der Waals surface area (Å²) < 4.78 is 0.